The molecule has 0 amide bonds. The highest BCUT2D eigenvalue weighted by molar-refractivity contribution is 9.10. The molecule has 0 bridgehead atoms. The second kappa shape index (κ2) is 6.85. The minimum absolute atomic E-state index is 0.150. The van der Waals surface area contributed by atoms with Gasteiger partial charge in [0.05, 0.1) is 4.47 Å². The van der Waals surface area contributed by atoms with Crippen LogP contribution in [-0.2, 0) is 19.6 Å². The summed E-state index contributed by atoms with van der Waals surface area (Å²) in [6.45, 7) is 5.21. The molecule has 1 heterocycles. The predicted octanol–water partition coefficient (Wildman–Crippen LogP) is 2.53. The molecule has 0 radical (unpaired) electrons. The molecular weight excluding hydrogens is 320 g/mol. The fraction of sp³-hybridized carbons (Fsp3) is 0.429. The number of benzene rings is 1. The summed E-state index contributed by atoms with van der Waals surface area (Å²) in [5, 5.41) is 4.12. The van der Waals surface area contributed by atoms with Gasteiger partial charge in [0.15, 0.2) is 5.82 Å². The van der Waals surface area contributed by atoms with E-state index in [0.29, 0.717) is 6.61 Å². The average molecular weight is 339 g/mol. The van der Waals surface area contributed by atoms with E-state index in [-0.39, 0.29) is 6.04 Å². The van der Waals surface area contributed by atoms with Gasteiger partial charge >= 0.3 is 0 Å². The first-order valence-corrected chi connectivity index (χ1v) is 7.43. The lowest BCUT2D eigenvalue weighted by molar-refractivity contribution is 0.285. The third kappa shape index (κ3) is 3.80. The number of nitrogens with zero attached hydrogens (tertiary/aromatic N) is 3. The zero-order chi connectivity index (χ0) is 14.5. The van der Waals surface area contributed by atoms with Crippen LogP contribution < -0.4 is 10.5 Å². The highest BCUT2D eigenvalue weighted by Crippen LogP contribution is 2.27. The Morgan fingerprint density at radius 2 is 2.25 bits per heavy atom. The standard InChI is InChI=1S/C14H19BrN4O/c1-3-19-14(17-9-18-19)8-20-13-5-4-11(6-10(2)16)7-12(13)15/h4-5,7,9-10H,3,6,8,16H2,1-2H3. The molecular formula is C14H19BrN4O. The minimum Gasteiger partial charge on any atom is -0.484 e. The van der Waals surface area contributed by atoms with E-state index in [9.17, 15) is 0 Å². The SMILES string of the molecule is CCn1ncnc1COc1ccc(CC(C)N)cc1Br. The van der Waals surface area contributed by atoms with Gasteiger partial charge in [0, 0.05) is 12.6 Å². The molecule has 0 fully saturated rings. The maximum atomic E-state index is 5.80. The number of nitrogens with two attached hydrogens (primary N) is 1. The van der Waals surface area contributed by atoms with Crippen LogP contribution in [0.15, 0.2) is 29.0 Å². The van der Waals surface area contributed by atoms with Crippen molar-refractivity contribution in [2.45, 2.75) is 39.5 Å². The Hall–Kier alpha value is -1.40. The summed E-state index contributed by atoms with van der Waals surface area (Å²) in [6, 6.07) is 6.18. The second-order valence-electron chi connectivity index (χ2n) is 4.73. The molecule has 0 aliphatic heterocycles. The second-order valence-corrected chi connectivity index (χ2v) is 5.58. The molecule has 6 heteroatoms. The molecule has 5 nitrogen and oxygen atoms in total. The number of aromatic nitrogens is 3. The van der Waals surface area contributed by atoms with Gasteiger partial charge in [0.25, 0.3) is 0 Å². The van der Waals surface area contributed by atoms with Gasteiger partial charge in [-0.3, -0.25) is 0 Å². The highest BCUT2D eigenvalue weighted by atomic mass is 79.9. The van der Waals surface area contributed by atoms with Gasteiger partial charge in [-0.1, -0.05) is 6.07 Å². The van der Waals surface area contributed by atoms with Crippen LogP contribution >= 0.6 is 15.9 Å². The molecule has 1 unspecified atom stereocenters. The summed E-state index contributed by atoms with van der Waals surface area (Å²) >= 11 is 3.53. The summed E-state index contributed by atoms with van der Waals surface area (Å²) in [5.41, 5.74) is 6.99. The van der Waals surface area contributed by atoms with E-state index in [4.69, 9.17) is 10.5 Å². The Balaban J connectivity index is 2.03. The summed E-state index contributed by atoms with van der Waals surface area (Å²) in [4.78, 5) is 4.18. The van der Waals surface area contributed by atoms with Gasteiger partial charge in [0.2, 0.25) is 0 Å². The Bertz CT molecular complexity index is 568. The largest absolute Gasteiger partial charge is 0.484 e. The number of hydrogen-bond donors (Lipinski definition) is 1. The fourth-order valence-electron chi connectivity index (χ4n) is 1.97. The zero-order valence-corrected chi connectivity index (χ0v) is 13.3. The third-order valence-electron chi connectivity index (χ3n) is 2.91. The summed E-state index contributed by atoms with van der Waals surface area (Å²) in [6.07, 6.45) is 2.39. The van der Waals surface area contributed by atoms with Crippen LogP contribution in [0.2, 0.25) is 0 Å². The molecule has 1 aromatic heterocycles. The molecule has 0 saturated heterocycles. The Labute approximate surface area is 127 Å². The van der Waals surface area contributed by atoms with E-state index < -0.39 is 0 Å². The topological polar surface area (TPSA) is 66.0 Å². The number of rotatable bonds is 6. The number of hydrogen-bond acceptors (Lipinski definition) is 4. The molecule has 1 aromatic carbocycles. The molecule has 2 rings (SSSR count). The van der Waals surface area contributed by atoms with Crippen LogP contribution in [0.5, 0.6) is 5.75 Å². The monoisotopic (exact) mass is 338 g/mol. The van der Waals surface area contributed by atoms with Crippen LogP contribution in [0.3, 0.4) is 0 Å². The van der Waals surface area contributed by atoms with E-state index in [0.717, 1.165) is 29.0 Å². The zero-order valence-electron chi connectivity index (χ0n) is 11.7. The highest BCUT2D eigenvalue weighted by Gasteiger charge is 2.07. The van der Waals surface area contributed by atoms with E-state index in [1.165, 1.54) is 5.56 Å². The van der Waals surface area contributed by atoms with Crippen molar-refractivity contribution < 1.29 is 4.74 Å². The van der Waals surface area contributed by atoms with Crippen LogP contribution in [0, 0.1) is 0 Å². The van der Waals surface area contributed by atoms with Crippen LogP contribution in [0.4, 0.5) is 0 Å². The van der Waals surface area contributed by atoms with Crippen molar-refractivity contribution in [3.05, 3.63) is 40.4 Å². The first-order chi connectivity index (χ1) is 9.60. The number of halogens is 1. The third-order valence-corrected chi connectivity index (χ3v) is 3.53. The van der Waals surface area contributed by atoms with Crippen molar-refractivity contribution in [1.29, 1.82) is 0 Å². The van der Waals surface area contributed by atoms with Crippen molar-refractivity contribution in [1.82, 2.24) is 14.8 Å². The summed E-state index contributed by atoms with van der Waals surface area (Å²) < 4.78 is 8.53. The number of ether oxygens (including phenoxy) is 1. The minimum atomic E-state index is 0.150. The van der Waals surface area contributed by atoms with E-state index >= 15 is 0 Å². The molecule has 0 aliphatic rings. The Morgan fingerprint density at radius 1 is 1.45 bits per heavy atom. The van der Waals surface area contributed by atoms with E-state index in [1.807, 2.05) is 36.7 Å². The molecule has 20 heavy (non-hydrogen) atoms. The van der Waals surface area contributed by atoms with Gasteiger partial charge in [-0.2, -0.15) is 5.10 Å². The van der Waals surface area contributed by atoms with Gasteiger partial charge in [0.1, 0.15) is 18.7 Å². The van der Waals surface area contributed by atoms with Crippen molar-refractivity contribution >= 4 is 15.9 Å². The molecule has 2 N–H and O–H groups in total. The normalized spacial score (nSPS) is 12.4. The molecule has 108 valence electrons. The molecule has 0 aliphatic carbocycles. The molecule has 1 atom stereocenters. The Morgan fingerprint density at radius 3 is 2.90 bits per heavy atom. The van der Waals surface area contributed by atoms with Crippen molar-refractivity contribution in [3.8, 4) is 5.75 Å². The van der Waals surface area contributed by atoms with Crippen LogP contribution in [0.1, 0.15) is 25.2 Å². The molecule has 0 saturated carbocycles. The smallest absolute Gasteiger partial charge is 0.164 e. The molecule has 0 spiro atoms. The van der Waals surface area contributed by atoms with Gasteiger partial charge in [-0.05, 0) is 53.9 Å². The fourth-order valence-corrected chi connectivity index (χ4v) is 2.51. The summed E-state index contributed by atoms with van der Waals surface area (Å²) in [5.74, 6) is 1.61. The van der Waals surface area contributed by atoms with E-state index in [2.05, 4.69) is 26.0 Å². The Kier molecular flexibility index (Phi) is 5.14. The van der Waals surface area contributed by atoms with Crippen LogP contribution in [-0.4, -0.2) is 20.8 Å². The first-order valence-electron chi connectivity index (χ1n) is 6.63. The van der Waals surface area contributed by atoms with Gasteiger partial charge in [-0.25, -0.2) is 9.67 Å². The number of aryl methyl sites for hydroxylation is 1. The maximum absolute atomic E-state index is 5.80. The lowest BCUT2D eigenvalue weighted by Gasteiger charge is -2.11. The van der Waals surface area contributed by atoms with Crippen molar-refractivity contribution in [2.24, 2.45) is 5.73 Å². The van der Waals surface area contributed by atoms with Crippen molar-refractivity contribution in [3.63, 3.8) is 0 Å². The van der Waals surface area contributed by atoms with Crippen LogP contribution in [0.25, 0.3) is 0 Å². The summed E-state index contributed by atoms with van der Waals surface area (Å²) in [7, 11) is 0. The predicted molar refractivity (Wildman–Crippen MR) is 81.5 cm³/mol. The van der Waals surface area contributed by atoms with Crippen molar-refractivity contribution in [2.75, 3.05) is 0 Å². The lowest BCUT2D eigenvalue weighted by Crippen LogP contribution is -2.17. The van der Waals surface area contributed by atoms with E-state index in [1.54, 1.807) is 6.33 Å². The average Bonchev–Trinajstić information content (AvgIpc) is 2.84. The lowest BCUT2D eigenvalue weighted by atomic mass is 10.1. The molecule has 2 aromatic rings. The first kappa shape index (κ1) is 15.0. The maximum Gasteiger partial charge on any atom is 0.164 e. The quantitative estimate of drug-likeness (QED) is 0.878. The van der Waals surface area contributed by atoms with Gasteiger partial charge in [-0.15, -0.1) is 0 Å². The van der Waals surface area contributed by atoms with Gasteiger partial charge < -0.3 is 10.5 Å².